The molecule has 0 atom stereocenters. The van der Waals surface area contributed by atoms with Crippen molar-refractivity contribution >= 4 is 23.0 Å². The number of nitrogens with zero attached hydrogens (tertiary/aromatic N) is 1. The van der Waals surface area contributed by atoms with Gasteiger partial charge >= 0.3 is 5.97 Å². The summed E-state index contributed by atoms with van der Waals surface area (Å²) in [7, 11) is 0. The van der Waals surface area contributed by atoms with E-state index in [4.69, 9.17) is 4.74 Å². The molecule has 35 heavy (non-hydrogen) atoms. The highest BCUT2D eigenvalue weighted by molar-refractivity contribution is 8.93. The first kappa shape index (κ1) is 25.7. The second-order valence-corrected chi connectivity index (χ2v) is 9.77. The molecule has 3 nitrogen and oxygen atoms in total. The third kappa shape index (κ3) is 5.54. The zero-order valence-electron chi connectivity index (χ0n) is 20.6. The fraction of sp³-hybridized carbons (Fsp3) is 0.387. The highest BCUT2D eigenvalue weighted by Gasteiger charge is 2.39. The van der Waals surface area contributed by atoms with Crippen LogP contribution in [0.4, 0.5) is 0 Å². The van der Waals surface area contributed by atoms with Gasteiger partial charge in [0.25, 0.3) is 0 Å². The Balaban J connectivity index is 0.00000289. The first-order valence-corrected chi connectivity index (χ1v) is 12.8. The van der Waals surface area contributed by atoms with E-state index >= 15 is 0 Å². The molecule has 0 aromatic heterocycles. The van der Waals surface area contributed by atoms with Gasteiger partial charge in [0.15, 0.2) is 0 Å². The number of hydrogen-bond acceptors (Lipinski definition) is 3. The first-order valence-electron chi connectivity index (χ1n) is 12.8. The summed E-state index contributed by atoms with van der Waals surface area (Å²) in [6.07, 6.45) is 5.46. The normalized spacial score (nSPS) is 17.4. The monoisotopic (exact) mass is 533 g/mol. The van der Waals surface area contributed by atoms with Crippen molar-refractivity contribution in [3.05, 3.63) is 107 Å². The van der Waals surface area contributed by atoms with Crippen LogP contribution in [0, 0.1) is 0 Å². The maximum Gasteiger partial charge on any atom is 0.306 e. The minimum absolute atomic E-state index is 0. The van der Waals surface area contributed by atoms with Crippen LogP contribution in [-0.4, -0.2) is 30.5 Å². The van der Waals surface area contributed by atoms with Gasteiger partial charge in [-0.05, 0) is 53.6 Å². The number of esters is 1. The Kier molecular flexibility index (Phi) is 8.46. The fourth-order valence-corrected chi connectivity index (χ4v) is 5.88. The lowest BCUT2D eigenvalue weighted by Gasteiger charge is -2.42. The number of aryl methyl sites for hydroxylation is 2. The van der Waals surface area contributed by atoms with Crippen molar-refractivity contribution in [2.45, 2.75) is 57.0 Å². The van der Waals surface area contributed by atoms with Crippen molar-refractivity contribution < 1.29 is 9.53 Å². The summed E-state index contributed by atoms with van der Waals surface area (Å²) in [5, 5.41) is 0. The van der Waals surface area contributed by atoms with Gasteiger partial charge in [-0.1, -0.05) is 85.8 Å². The number of halogens is 1. The second kappa shape index (κ2) is 11.5. The molecule has 3 aromatic rings. The van der Waals surface area contributed by atoms with Gasteiger partial charge in [0, 0.05) is 38.3 Å². The van der Waals surface area contributed by atoms with E-state index in [2.05, 4.69) is 65.6 Å². The molecule has 0 bridgehead atoms. The van der Waals surface area contributed by atoms with Gasteiger partial charge in [-0.25, -0.2) is 0 Å². The van der Waals surface area contributed by atoms with Crippen LogP contribution in [0.3, 0.4) is 0 Å². The molecule has 1 aliphatic heterocycles. The van der Waals surface area contributed by atoms with E-state index in [0.717, 1.165) is 57.3 Å². The van der Waals surface area contributed by atoms with Crippen LogP contribution < -0.4 is 0 Å². The Morgan fingerprint density at radius 2 is 1.40 bits per heavy atom. The molecule has 0 saturated carbocycles. The number of likely N-dealkylation sites (tertiary alicyclic amines) is 1. The Morgan fingerprint density at radius 1 is 0.857 bits per heavy atom. The maximum absolute atomic E-state index is 12.3. The quantitative estimate of drug-likeness (QED) is 0.325. The molecular weight excluding hydrogens is 498 g/mol. The smallest absolute Gasteiger partial charge is 0.306 e. The summed E-state index contributed by atoms with van der Waals surface area (Å²) in [6.45, 7) is 4.82. The minimum atomic E-state index is -0.494. The summed E-state index contributed by atoms with van der Waals surface area (Å²) < 4.78 is 6.10. The van der Waals surface area contributed by atoms with Gasteiger partial charge in [0.05, 0.1) is 0 Å². The number of rotatable bonds is 6. The van der Waals surface area contributed by atoms with Gasteiger partial charge in [-0.15, -0.1) is 17.0 Å². The van der Waals surface area contributed by atoms with Crippen LogP contribution >= 0.6 is 17.0 Å². The third-order valence-electron chi connectivity index (χ3n) is 7.82. The lowest BCUT2D eigenvalue weighted by atomic mass is 9.83. The van der Waals surface area contributed by atoms with Crippen LogP contribution in [-0.2, 0) is 28.0 Å². The molecule has 184 valence electrons. The lowest BCUT2D eigenvalue weighted by molar-refractivity contribution is -0.166. The Hall–Kier alpha value is -2.43. The Morgan fingerprint density at radius 3 is 1.97 bits per heavy atom. The molecule has 0 unspecified atom stereocenters. The van der Waals surface area contributed by atoms with Crippen LogP contribution in [0.25, 0.3) is 0 Å². The van der Waals surface area contributed by atoms with Crippen LogP contribution in [0.2, 0.25) is 0 Å². The van der Waals surface area contributed by atoms with Crippen molar-refractivity contribution in [3.63, 3.8) is 0 Å². The van der Waals surface area contributed by atoms with Crippen molar-refractivity contribution in [1.29, 1.82) is 0 Å². The molecular formula is C31H36BrNO2. The molecule has 0 amide bonds. The number of carbonyl (C=O) groups is 1. The molecule has 2 aliphatic rings. The van der Waals surface area contributed by atoms with E-state index in [1.54, 1.807) is 0 Å². The standard InChI is InChI=1S/C31H35NO2.BrH/c1-2-30(33)34-31(26-12-4-3-5-13-26)19-22-32(23-20-31)21-18-29-27-14-8-6-10-24(27)16-17-25-11-7-9-15-28(25)29;/h3-15,29H,2,16-23H2,1H3;1H. The molecule has 3 aromatic carbocycles. The molecule has 0 spiro atoms. The van der Waals surface area contributed by atoms with Crippen LogP contribution in [0.1, 0.15) is 66.3 Å². The van der Waals surface area contributed by atoms with E-state index in [1.807, 2.05) is 25.1 Å². The van der Waals surface area contributed by atoms with Crippen molar-refractivity contribution in [2.24, 2.45) is 0 Å². The average molecular weight is 535 g/mol. The van der Waals surface area contributed by atoms with Gasteiger partial charge in [0.1, 0.15) is 5.60 Å². The second-order valence-electron chi connectivity index (χ2n) is 9.77. The van der Waals surface area contributed by atoms with E-state index in [0.29, 0.717) is 12.3 Å². The predicted octanol–water partition coefficient (Wildman–Crippen LogP) is 6.83. The first-order chi connectivity index (χ1) is 16.7. The third-order valence-corrected chi connectivity index (χ3v) is 7.82. The zero-order chi connectivity index (χ0) is 23.4. The summed E-state index contributed by atoms with van der Waals surface area (Å²) in [6, 6.07) is 28.4. The number of ether oxygens (including phenoxy) is 1. The number of hydrogen-bond donors (Lipinski definition) is 0. The Labute approximate surface area is 220 Å². The summed E-state index contributed by atoms with van der Waals surface area (Å²) >= 11 is 0. The minimum Gasteiger partial charge on any atom is -0.454 e. The van der Waals surface area contributed by atoms with Gasteiger partial charge < -0.3 is 9.64 Å². The lowest BCUT2D eigenvalue weighted by Crippen LogP contribution is -2.45. The summed E-state index contributed by atoms with van der Waals surface area (Å²) in [5.41, 5.74) is 6.63. The van der Waals surface area contributed by atoms with E-state index < -0.39 is 5.60 Å². The van der Waals surface area contributed by atoms with E-state index in [1.165, 1.54) is 22.3 Å². The molecule has 0 radical (unpaired) electrons. The van der Waals surface area contributed by atoms with Crippen molar-refractivity contribution in [3.8, 4) is 0 Å². The number of benzene rings is 3. The van der Waals surface area contributed by atoms with Crippen molar-refractivity contribution in [1.82, 2.24) is 4.90 Å². The number of piperidine rings is 1. The highest BCUT2D eigenvalue weighted by atomic mass is 79.9. The molecule has 5 rings (SSSR count). The topological polar surface area (TPSA) is 29.5 Å². The number of fused-ring (bicyclic) bond motifs is 2. The summed E-state index contributed by atoms with van der Waals surface area (Å²) in [4.78, 5) is 14.9. The Bertz CT molecular complexity index is 1070. The average Bonchev–Trinajstić information content (AvgIpc) is 3.05. The molecule has 0 N–H and O–H groups in total. The SMILES string of the molecule is Br.CCC(=O)OC1(c2ccccc2)CCN(CCC2c3ccccc3CCc3ccccc32)CC1. The maximum atomic E-state index is 12.3. The zero-order valence-corrected chi connectivity index (χ0v) is 22.3. The molecule has 4 heteroatoms. The number of carbonyl (C=O) groups excluding carboxylic acids is 1. The van der Waals surface area contributed by atoms with E-state index in [9.17, 15) is 4.79 Å². The predicted molar refractivity (Wildman–Crippen MR) is 147 cm³/mol. The van der Waals surface area contributed by atoms with Crippen LogP contribution in [0.5, 0.6) is 0 Å². The molecule has 1 saturated heterocycles. The van der Waals surface area contributed by atoms with E-state index in [-0.39, 0.29) is 23.0 Å². The summed E-state index contributed by atoms with van der Waals surface area (Å²) in [5.74, 6) is 0.331. The molecule has 1 fully saturated rings. The van der Waals surface area contributed by atoms with Gasteiger partial charge in [-0.2, -0.15) is 0 Å². The highest BCUT2D eigenvalue weighted by Crippen LogP contribution is 2.39. The molecule has 1 aliphatic carbocycles. The van der Waals surface area contributed by atoms with Gasteiger partial charge in [0.2, 0.25) is 0 Å². The van der Waals surface area contributed by atoms with Crippen LogP contribution in [0.15, 0.2) is 78.9 Å². The fourth-order valence-electron chi connectivity index (χ4n) is 5.88. The largest absolute Gasteiger partial charge is 0.454 e. The van der Waals surface area contributed by atoms with Gasteiger partial charge in [-0.3, -0.25) is 4.79 Å². The molecule has 1 heterocycles. The van der Waals surface area contributed by atoms with Crippen molar-refractivity contribution in [2.75, 3.05) is 19.6 Å².